The molecule has 0 aliphatic carbocycles. The molecule has 1 saturated heterocycles. The van der Waals surface area contributed by atoms with E-state index in [0.29, 0.717) is 28.9 Å². The Morgan fingerprint density at radius 2 is 1.97 bits per heavy atom. The maximum atomic E-state index is 14.8. The Labute approximate surface area is 220 Å². The number of likely N-dealkylation sites (N-methyl/N-ethyl adjacent to an activating group) is 1. The zero-order chi connectivity index (χ0) is 26.6. The predicted octanol–water partition coefficient (Wildman–Crippen LogP) is 5.50. The van der Waals surface area contributed by atoms with Crippen molar-refractivity contribution in [2.75, 3.05) is 42.7 Å². The number of H-pyrrole nitrogens is 1. The van der Waals surface area contributed by atoms with Gasteiger partial charge in [0.05, 0.1) is 11.9 Å². The van der Waals surface area contributed by atoms with Crippen molar-refractivity contribution >= 4 is 23.1 Å². The highest BCUT2D eigenvalue weighted by Gasteiger charge is 2.24. The Morgan fingerprint density at radius 3 is 2.71 bits per heavy atom. The van der Waals surface area contributed by atoms with Crippen LogP contribution >= 0.6 is 0 Å². The molecule has 1 aliphatic rings. The van der Waals surface area contributed by atoms with Crippen LogP contribution in [0.15, 0.2) is 67.1 Å². The van der Waals surface area contributed by atoms with Crippen molar-refractivity contribution < 1.29 is 13.9 Å². The van der Waals surface area contributed by atoms with Crippen LogP contribution in [0.3, 0.4) is 0 Å². The van der Waals surface area contributed by atoms with Crippen molar-refractivity contribution in [3.63, 3.8) is 0 Å². The molecule has 2 aromatic carbocycles. The maximum Gasteiger partial charge on any atom is 0.323 e. The van der Waals surface area contributed by atoms with Gasteiger partial charge in [-0.05, 0) is 69.4 Å². The minimum Gasteiger partial charge on any atom is -0.454 e. The number of ether oxygens (including phenoxy) is 1. The summed E-state index contributed by atoms with van der Waals surface area (Å²) in [5.74, 6) is -0.143. The second-order valence-electron chi connectivity index (χ2n) is 9.60. The lowest BCUT2D eigenvalue weighted by Crippen LogP contribution is -2.31. The lowest BCUT2D eigenvalue weighted by molar-refractivity contribution is 0.262. The second kappa shape index (κ2) is 10.9. The average molecular weight is 516 g/mol. The third-order valence-electron chi connectivity index (χ3n) is 6.52. The van der Waals surface area contributed by atoms with Crippen molar-refractivity contribution in [2.24, 2.45) is 0 Å². The largest absolute Gasteiger partial charge is 0.454 e. The van der Waals surface area contributed by atoms with E-state index in [1.54, 1.807) is 36.8 Å². The summed E-state index contributed by atoms with van der Waals surface area (Å²) in [4.78, 5) is 21.5. The van der Waals surface area contributed by atoms with Gasteiger partial charge in [0.1, 0.15) is 5.75 Å². The Hall–Kier alpha value is -4.44. The molecule has 1 atom stereocenters. The number of nitrogens with zero attached hydrogens (tertiary/aromatic N) is 4. The van der Waals surface area contributed by atoms with Crippen LogP contribution in [0.2, 0.25) is 0 Å². The standard InChI is InChI=1S/C28H30FN7O2/c1-18-10-21(12-23(11-18)36-9-7-22(17-36)35(2)3)34-28(37)33-20-4-5-27(25(29)13-20)38-24-6-8-30-26(14-24)19-15-31-32-16-19/h4-6,8,10-16,22H,7,9,17H2,1-3H3,(H,31,32)(H2,33,34,37). The third kappa shape index (κ3) is 5.92. The van der Waals surface area contributed by atoms with Gasteiger partial charge in [0, 0.05) is 66.3 Å². The molecule has 2 aromatic heterocycles. The number of aromatic amines is 1. The number of carbonyl (C=O) groups excluding carboxylic acids is 1. The van der Waals surface area contributed by atoms with Gasteiger partial charge < -0.3 is 25.2 Å². The molecule has 196 valence electrons. The number of carbonyl (C=O) groups is 1. The highest BCUT2D eigenvalue weighted by atomic mass is 19.1. The molecule has 2 amide bonds. The fourth-order valence-corrected chi connectivity index (χ4v) is 4.52. The zero-order valence-corrected chi connectivity index (χ0v) is 21.5. The molecule has 3 N–H and O–H groups in total. The number of hydrogen-bond donors (Lipinski definition) is 3. The van der Waals surface area contributed by atoms with Crippen LogP contribution in [-0.4, -0.2) is 59.3 Å². The summed E-state index contributed by atoms with van der Waals surface area (Å²) in [5, 5.41) is 12.2. The SMILES string of the molecule is Cc1cc(NC(=O)Nc2ccc(Oc3ccnc(-c4cn[nH]c4)c3)c(F)c2)cc(N2CCC(N(C)C)C2)c1. The molecule has 9 nitrogen and oxygen atoms in total. The Bertz CT molecular complexity index is 1420. The van der Waals surface area contributed by atoms with E-state index in [1.165, 1.54) is 12.1 Å². The van der Waals surface area contributed by atoms with Gasteiger partial charge in [0.15, 0.2) is 11.6 Å². The summed E-state index contributed by atoms with van der Waals surface area (Å²) in [6, 6.07) is 13.7. The number of aryl methyl sites for hydroxylation is 1. The quantitative estimate of drug-likeness (QED) is 0.301. The molecule has 0 saturated carbocycles. The van der Waals surface area contributed by atoms with Crippen LogP contribution in [0.25, 0.3) is 11.3 Å². The van der Waals surface area contributed by atoms with Crippen LogP contribution in [-0.2, 0) is 0 Å². The summed E-state index contributed by atoms with van der Waals surface area (Å²) >= 11 is 0. The number of hydrogen-bond acceptors (Lipinski definition) is 6. The topological polar surface area (TPSA) is 98.4 Å². The molecular formula is C28H30FN7O2. The lowest BCUT2D eigenvalue weighted by Gasteiger charge is -2.23. The number of urea groups is 1. The summed E-state index contributed by atoms with van der Waals surface area (Å²) < 4.78 is 20.5. The highest BCUT2D eigenvalue weighted by molar-refractivity contribution is 6.00. The first-order valence-electron chi connectivity index (χ1n) is 12.4. The number of rotatable bonds is 7. The fourth-order valence-electron chi connectivity index (χ4n) is 4.52. The monoisotopic (exact) mass is 515 g/mol. The maximum absolute atomic E-state index is 14.8. The Kier molecular flexibility index (Phi) is 7.23. The second-order valence-corrected chi connectivity index (χ2v) is 9.60. The number of anilines is 3. The van der Waals surface area contributed by atoms with Gasteiger partial charge in [0.25, 0.3) is 0 Å². The van der Waals surface area contributed by atoms with E-state index in [-0.39, 0.29) is 5.75 Å². The molecule has 10 heteroatoms. The van der Waals surface area contributed by atoms with E-state index < -0.39 is 11.8 Å². The highest BCUT2D eigenvalue weighted by Crippen LogP contribution is 2.30. The Balaban J connectivity index is 1.22. The molecule has 0 bridgehead atoms. The van der Waals surface area contributed by atoms with E-state index in [4.69, 9.17) is 4.74 Å². The smallest absolute Gasteiger partial charge is 0.323 e. The molecular weight excluding hydrogens is 485 g/mol. The molecule has 1 aliphatic heterocycles. The van der Waals surface area contributed by atoms with Crippen LogP contribution in [0.4, 0.5) is 26.2 Å². The van der Waals surface area contributed by atoms with Crippen LogP contribution in [0.1, 0.15) is 12.0 Å². The van der Waals surface area contributed by atoms with Gasteiger partial charge in [-0.3, -0.25) is 10.1 Å². The summed E-state index contributed by atoms with van der Waals surface area (Å²) in [7, 11) is 4.20. The van der Waals surface area contributed by atoms with Crippen LogP contribution in [0.5, 0.6) is 11.5 Å². The predicted molar refractivity (Wildman–Crippen MR) is 146 cm³/mol. The first-order valence-corrected chi connectivity index (χ1v) is 12.4. The van der Waals surface area contributed by atoms with E-state index in [9.17, 15) is 9.18 Å². The minimum absolute atomic E-state index is 0.0327. The first kappa shape index (κ1) is 25.2. The number of halogens is 1. The van der Waals surface area contributed by atoms with E-state index in [2.05, 4.69) is 55.8 Å². The van der Waals surface area contributed by atoms with Gasteiger partial charge in [-0.15, -0.1) is 0 Å². The average Bonchev–Trinajstić information content (AvgIpc) is 3.59. The van der Waals surface area contributed by atoms with Gasteiger partial charge in [-0.25, -0.2) is 9.18 Å². The van der Waals surface area contributed by atoms with Crippen molar-refractivity contribution in [1.29, 1.82) is 0 Å². The molecule has 0 radical (unpaired) electrons. The van der Waals surface area contributed by atoms with Crippen molar-refractivity contribution in [3.05, 3.63) is 78.5 Å². The molecule has 3 heterocycles. The molecule has 5 rings (SSSR count). The molecule has 1 unspecified atom stereocenters. The van der Waals surface area contributed by atoms with Crippen LogP contribution < -0.4 is 20.3 Å². The summed E-state index contributed by atoms with van der Waals surface area (Å²) in [6.07, 6.45) is 6.03. The van der Waals surface area contributed by atoms with Gasteiger partial charge in [-0.2, -0.15) is 5.10 Å². The Morgan fingerprint density at radius 1 is 1.13 bits per heavy atom. The van der Waals surface area contributed by atoms with Crippen molar-refractivity contribution in [3.8, 4) is 22.8 Å². The molecule has 1 fully saturated rings. The first-order chi connectivity index (χ1) is 18.3. The molecule has 38 heavy (non-hydrogen) atoms. The van der Waals surface area contributed by atoms with E-state index in [1.807, 2.05) is 19.1 Å². The van der Waals surface area contributed by atoms with Gasteiger partial charge >= 0.3 is 6.03 Å². The van der Waals surface area contributed by atoms with E-state index in [0.717, 1.165) is 36.3 Å². The number of amides is 2. The normalized spacial score (nSPS) is 15.1. The lowest BCUT2D eigenvalue weighted by atomic mass is 10.2. The number of aromatic nitrogens is 3. The zero-order valence-electron chi connectivity index (χ0n) is 21.5. The number of nitrogens with one attached hydrogen (secondary N) is 3. The number of benzene rings is 2. The van der Waals surface area contributed by atoms with E-state index >= 15 is 0 Å². The fraction of sp³-hybridized carbons (Fsp3) is 0.250. The van der Waals surface area contributed by atoms with Crippen molar-refractivity contribution in [1.82, 2.24) is 20.1 Å². The summed E-state index contributed by atoms with van der Waals surface area (Å²) in [6.45, 7) is 3.91. The minimum atomic E-state index is -0.605. The summed E-state index contributed by atoms with van der Waals surface area (Å²) in [5.41, 5.74) is 4.54. The van der Waals surface area contributed by atoms with Gasteiger partial charge in [0.2, 0.25) is 0 Å². The molecule has 0 spiro atoms. The molecule has 4 aromatic rings. The van der Waals surface area contributed by atoms with Gasteiger partial charge in [-0.1, -0.05) is 0 Å². The van der Waals surface area contributed by atoms with Crippen molar-refractivity contribution in [2.45, 2.75) is 19.4 Å². The number of pyridine rings is 1. The third-order valence-corrected chi connectivity index (χ3v) is 6.52. The van der Waals surface area contributed by atoms with Crippen LogP contribution in [0, 0.1) is 12.7 Å².